The highest BCUT2D eigenvalue weighted by molar-refractivity contribution is 5.81. The minimum atomic E-state index is -0.107. The lowest BCUT2D eigenvalue weighted by atomic mass is 9.82. The monoisotopic (exact) mass is 219 g/mol. The molecule has 6 nitrogen and oxygen atoms in total. The van der Waals surface area contributed by atoms with E-state index in [1.54, 1.807) is 6.33 Å². The number of imidazole rings is 1. The van der Waals surface area contributed by atoms with Crippen LogP contribution in [0.3, 0.4) is 0 Å². The average molecular weight is 219 g/mol. The summed E-state index contributed by atoms with van der Waals surface area (Å²) in [5.41, 5.74) is 1.51. The Morgan fingerprint density at radius 1 is 1.38 bits per heavy atom. The summed E-state index contributed by atoms with van der Waals surface area (Å²) in [4.78, 5) is 15.3. The highest BCUT2D eigenvalue weighted by atomic mass is 16.3. The van der Waals surface area contributed by atoms with E-state index in [4.69, 9.17) is 0 Å². The highest BCUT2D eigenvalue weighted by Gasteiger charge is 2.26. The van der Waals surface area contributed by atoms with Crippen LogP contribution in [0.25, 0.3) is 11.2 Å². The maximum atomic E-state index is 9.18. The van der Waals surface area contributed by atoms with Crippen LogP contribution in [-0.2, 0) is 0 Å². The van der Waals surface area contributed by atoms with Gasteiger partial charge in [-0.3, -0.25) is 0 Å². The van der Waals surface area contributed by atoms with Gasteiger partial charge in [-0.25, -0.2) is 15.0 Å². The Morgan fingerprint density at radius 2 is 2.25 bits per heavy atom. The van der Waals surface area contributed by atoms with E-state index in [1.165, 1.54) is 6.33 Å². The second-order valence-electron chi connectivity index (χ2n) is 4.20. The minimum absolute atomic E-state index is 0.107. The maximum Gasteiger partial charge on any atom is 0.182 e. The molecular formula is C10H13N5O. The number of nitrogens with one attached hydrogen (secondary N) is 2. The zero-order chi connectivity index (χ0) is 11.0. The van der Waals surface area contributed by atoms with Gasteiger partial charge in [-0.05, 0) is 18.8 Å². The molecule has 0 spiro atoms. The first-order valence-corrected chi connectivity index (χ1v) is 5.39. The third-order valence-corrected chi connectivity index (χ3v) is 2.99. The zero-order valence-electron chi connectivity index (χ0n) is 8.72. The van der Waals surface area contributed by atoms with Crippen LogP contribution in [0.5, 0.6) is 0 Å². The van der Waals surface area contributed by atoms with E-state index in [-0.39, 0.29) is 6.10 Å². The van der Waals surface area contributed by atoms with Crippen LogP contribution in [0.1, 0.15) is 12.8 Å². The molecule has 0 saturated heterocycles. The molecule has 0 radical (unpaired) electrons. The van der Waals surface area contributed by atoms with Crippen molar-refractivity contribution in [3.05, 3.63) is 12.7 Å². The lowest BCUT2D eigenvalue weighted by molar-refractivity contribution is 0.0486. The first kappa shape index (κ1) is 9.53. The Hall–Kier alpha value is -1.69. The molecule has 3 N–H and O–H groups in total. The Labute approximate surface area is 92.1 Å². The number of aliphatic hydroxyl groups excluding tert-OH is 1. The van der Waals surface area contributed by atoms with Gasteiger partial charge < -0.3 is 15.4 Å². The summed E-state index contributed by atoms with van der Waals surface area (Å²) < 4.78 is 0. The molecule has 0 bridgehead atoms. The number of aromatic amines is 1. The third kappa shape index (κ3) is 1.61. The first-order valence-electron chi connectivity index (χ1n) is 5.39. The molecule has 6 heteroatoms. The lowest BCUT2D eigenvalue weighted by Gasteiger charge is -2.31. The van der Waals surface area contributed by atoms with Crippen molar-refractivity contribution < 1.29 is 5.11 Å². The number of H-pyrrole nitrogens is 1. The van der Waals surface area contributed by atoms with Crippen LogP contribution in [0, 0.1) is 5.92 Å². The molecule has 1 saturated carbocycles. The summed E-state index contributed by atoms with van der Waals surface area (Å²) >= 11 is 0. The van der Waals surface area contributed by atoms with Gasteiger partial charge in [0.15, 0.2) is 11.5 Å². The van der Waals surface area contributed by atoms with Crippen molar-refractivity contribution in [3.63, 3.8) is 0 Å². The lowest BCUT2D eigenvalue weighted by Crippen LogP contribution is -2.33. The summed E-state index contributed by atoms with van der Waals surface area (Å²) in [5.74, 6) is 1.33. The largest absolute Gasteiger partial charge is 0.393 e. The Balaban J connectivity index is 1.71. The van der Waals surface area contributed by atoms with Gasteiger partial charge in [-0.15, -0.1) is 0 Å². The van der Waals surface area contributed by atoms with E-state index in [0.29, 0.717) is 11.6 Å². The van der Waals surface area contributed by atoms with Gasteiger partial charge in [0.25, 0.3) is 0 Å². The summed E-state index contributed by atoms with van der Waals surface area (Å²) in [7, 11) is 0. The molecule has 0 aromatic carbocycles. The predicted octanol–water partition coefficient (Wildman–Crippen LogP) is 0.536. The van der Waals surface area contributed by atoms with Crippen LogP contribution < -0.4 is 5.32 Å². The number of hydrogen-bond acceptors (Lipinski definition) is 5. The number of fused-ring (bicyclic) bond motifs is 1. The average Bonchev–Trinajstić information content (AvgIpc) is 2.71. The molecule has 0 amide bonds. The number of aromatic nitrogens is 4. The molecule has 3 rings (SSSR count). The smallest absolute Gasteiger partial charge is 0.182 e. The molecule has 0 aliphatic heterocycles. The first-order chi connectivity index (χ1) is 7.83. The molecule has 2 heterocycles. The fraction of sp³-hybridized carbons (Fsp3) is 0.500. The van der Waals surface area contributed by atoms with Crippen molar-refractivity contribution in [1.29, 1.82) is 0 Å². The molecule has 1 fully saturated rings. The van der Waals surface area contributed by atoms with Crippen molar-refractivity contribution in [3.8, 4) is 0 Å². The molecular weight excluding hydrogens is 206 g/mol. The third-order valence-electron chi connectivity index (χ3n) is 2.99. The van der Waals surface area contributed by atoms with Crippen LogP contribution >= 0.6 is 0 Å². The molecule has 84 valence electrons. The topological polar surface area (TPSA) is 86.7 Å². The Bertz CT molecular complexity index is 491. The molecule has 1 aliphatic rings. The van der Waals surface area contributed by atoms with E-state index in [2.05, 4.69) is 25.3 Å². The molecule has 1 aliphatic carbocycles. The van der Waals surface area contributed by atoms with Crippen molar-refractivity contribution in [2.45, 2.75) is 18.9 Å². The molecule has 2 aromatic rings. The zero-order valence-corrected chi connectivity index (χ0v) is 8.72. The fourth-order valence-corrected chi connectivity index (χ4v) is 2.01. The van der Waals surface area contributed by atoms with E-state index < -0.39 is 0 Å². The number of aliphatic hydroxyl groups is 1. The van der Waals surface area contributed by atoms with Gasteiger partial charge >= 0.3 is 0 Å². The number of anilines is 1. The van der Waals surface area contributed by atoms with Gasteiger partial charge in [-0.2, -0.15) is 0 Å². The SMILES string of the molecule is OC1CC(CNc2ncnc3nc[nH]c23)C1. The number of rotatable bonds is 3. The van der Waals surface area contributed by atoms with Crippen LogP contribution in [-0.4, -0.2) is 37.7 Å². The van der Waals surface area contributed by atoms with Crippen molar-refractivity contribution >= 4 is 17.0 Å². The van der Waals surface area contributed by atoms with Gasteiger partial charge in [-0.1, -0.05) is 0 Å². The van der Waals surface area contributed by atoms with E-state index in [9.17, 15) is 5.11 Å². The van der Waals surface area contributed by atoms with Crippen molar-refractivity contribution in [2.24, 2.45) is 5.92 Å². The quantitative estimate of drug-likeness (QED) is 0.701. The molecule has 2 aromatic heterocycles. The van der Waals surface area contributed by atoms with Crippen molar-refractivity contribution in [2.75, 3.05) is 11.9 Å². The summed E-state index contributed by atoms with van der Waals surface area (Å²) in [6, 6.07) is 0. The Morgan fingerprint density at radius 3 is 3.06 bits per heavy atom. The fourth-order valence-electron chi connectivity index (χ4n) is 2.01. The van der Waals surface area contributed by atoms with E-state index >= 15 is 0 Å². The molecule has 0 atom stereocenters. The van der Waals surface area contributed by atoms with Crippen molar-refractivity contribution in [1.82, 2.24) is 19.9 Å². The minimum Gasteiger partial charge on any atom is -0.393 e. The standard InChI is InChI=1S/C10H13N5O/c16-7-1-6(2-7)3-11-9-8-10(13-4-12-8)15-5-14-9/h4-7,16H,1-3H2,(H2,11,12,13,14,15). The van der Waals surface area contributed by atoms with E-state index in [1.807, 2.05) is 0 Å². The Kier molecular flexibility index (Phi) is 2.21. The normalized spacial score (nSPS) is 24.3. The second-order valence-corrected chi connectivity index (χ2v) is 4.20. The van der Waals surface area contributed by atoms with Crippen LogP contribution in [0.15, 0.2) is 12.7 Å². The number of hydrogen-bond donors (Lipinski definition) is 3. The maximum absolute atomic E-state index is 9.18. The summed E-state index contributed by atoms with van der Waals surface area (Å²) in [6.45, 7) is 0.836. The van der Waals surface area contributed by atoms with Gasteiger partial charge in [0.1, 0.15) is 11.8 Å². The van der Waals surface area contributed by atoms with Gasteiger partial charge in [0, 0.05) is 6.54 Å². The number of nitrogens with zero attached hydrogens (tertiary/aromatic N) is 3. The summed E-state index contributed by atoms with van der Waals surface area (Å²) in [6.07, 6.45) is 4.76. The van der Waals surface area contributed by atoms with Gasteiger partial charge in [0.05, 0.1) is 12.4 Å². The second kappa shape index (κ2) is 3.71. The van der Waals surface area contributed by atoms with Crippen LogP contribution in [0.2, 0.25) is 0 Å². The summed E-state index contributed by atoms with van der Waals surface area (Å²) in [5, 5.41) is 12.4. The predicted molar refractivity (Wildman–Crippen MR) is 58.9 cm³/mol. The van der Waals surface area contributed by atoms with E-state index in [0.717, 1.165) is 30.7 Å². The van der Waals surface area contributed by atoms with Crippen LogP contribution in [0.4, 0.5) is 5.82 Å². The van der Waals surface area contributed by atoms with Gasteiger partial charge in [0.2, 0.25) is 0 Å². The molecule has 16 heavy (non-hydrogen) atoms. The molecule has 0 unspecified atom stereocenters. The highest BCUT2D eigenvalue weighted by Crippen LogP contribution is 2.27.